The first-order valence-corrected chi connectivity index (χ1v) is 8.10. The van der Waals surface area contributed by atoms with Crippen LogP contribution in [0.3, 0.4) is 0 Å². The summed E-state index contributed by atoms with van der Waals surface area (Å²) in [5.74, 6) is 1.68. The molecule has 0 aliphatic heterocycles. The van der Waals surface area contributed by atoms with Gasteiger partial charge in [0.25, 0.3) is 6.47 Å². The second kappa shape index (κ2) is 12.6. The number of hydrogen-bond acceptors (Lipinski definition) is 5. The van der Waals surface area contributed by atoms with Gasteiger partial charge in [-0.3, -0.25) is 9.69 Å². The van der Waals surface area contributed by atoms with Gasteiger partial charge in [0.15, 0.2) is 0 Å². The van der Waals surface area contributed by atoms with E-state index in [1.807, 2.05) is 24.3 Å². The Morgan fingerprint density at radius 2 is 1.75 bits per heavy atom. The van der Waals surface area contributed by atoms with Crippen LogP contribution in [0.2, 0.25) is 0 Å². The minimum absolute atomic E-state index is 0.250. The minimum Gasteiger partial charge on any atom is -0.497 e. The van der Waals surface area contributed by atoms with Gasteiger partial charge in [-0.25, -0.2) is 0 Å². The van der Waals surface area contributed by atoms with Gasteiger partial charge in [0.05, 0.1) is 7.11 Å². The predicted molar refractivity (Wildman–Crippen MR) is 97.0 cm³/mol. The summed E-state index contributed by atoms with van der Waals surface area (Å²) in [6, 6.07) is 8.82. The summed E-state index contributed by atoms with van der Waals surface area (Å²) in [6.07, 6.45) is 0. The average Bonchev–Trinajstić information content (AvgIpc) is 2.55. The molecule has 0 heterocycles. The highest BCUT2D eigenvalue weighted by Gasteiger charge is 2.13. The van der Waals surface area contributed by atoms with E-state index in [9.17, 15) is 0 Å². The molecule has 6 heteroatoms. The lowest BCUT2D eigenvalue weighted by molar-refractivity contribution is -0.122. The number of ether oxygens (including phenoxy) is 2. The van der Waals surface area contributed by atoms with Crippen molar-refractivity contribution >= 4 is 6.47 Å². The number of carbonyl (C=O) groups is 1. The van der Waals surface area contributed by atoms with Crippen molar-refractivity contribution in [1.82, 2.24) is 9.80 Å². The third-order valence-corrected chi connectivity index (χ3v) is 3.94. The first-order valence-electron chi connectivity index (χ1n) is 8.10. The molecule has 0 aliphatic rings. The second-order valence-corrected chi connectivity index (χ2v) is 6.00. The fraction of sp³-hybridized carbons (Fsp3) is 0.611. The summed E-state index contributed by atoms with van der Waals surface area (Å²) in [5, 5.41) is 6.89. The van der Waals surface area contributed by atoms with Gasteiger partial charge in [-0.1, -0.05) is 6.07 Å². The number of likely N-dealkylation sites (N-methyl/N-ethyl adjacent to an activating group) is 2. The van der Waals surface area contributed by atoms with Gasteiger partial charge in [0, 0.05) is 31.2 Å². The molecule has 6 nitrogen and oxygen atoms in total. The van der Waals surface area contributed by atoms with Crippen LogP contribution in [-0.2, 0) is 4.79 Å². The molecule has 1 aromatic carbocycles. The second-order valence-electron chi connectivity index (χ2n) is 6.00. The Morgan fingerprint density at radius 3 is 2.29 bits per heavy atom. The summed E-state index contributed by atoms with van der Waals surface area (Å²) >= 11 is 0. The lowest BCUT2D eigenvalue weighted by Gasteiger charge is -2.30. The van der Waals surface area contributed by atoms with E-state index in [1.54, 1.807) is 7.11 Å². The Hall–Kier alpha value is -1.79. The van der Waals surface area contributed by atoms with Crippen molar-refractivity contribution in [2.75, 3.05) is 40.9 Å². The van der Waals surface area contributed by atoms with Crippen LogP contribution in [0.4, 0.5) is 0 Å². The number of carboxylic acid groups (broad SMARTS) is 1. The minimum atomic E-state index is -0.250. The zero-order valence-corrected chi connectivity index (χ0v) is 15.7. The molecule has 0 fully saturated rings. The Labute approximate surface area is 146 Å². The van der Waals surface area contributed by atoms with Crippen molar-refractivity contribution < 1.29 is 19.4 Å². The Kier molecular flexibility index (Phi) is 11.7. The van der Waals surface area contributed by atoms with Crippen LogP contribution in [0.5, 0.6) is 11.5 Å². The van der Waals surface area contributed by atoms with Crippen LogP contribution >= 0.6 is 0 Å². The predicted octanol–water partition coefficient (Wildman–Crippen LogP) is 2.44. The third kappa shape index (κ3) is 9.37. The molecule has 0 aliphatic carbocycles. The molecule has 1 rings (SSSR count). The highest BCUT2D eigenvalue weighted by molar-refractivity contribution is 5.33. The van der Waals surface area contributed by atoms with E-state index in [0.717, 1.165) is 24.6 Å². The molecule has 0 bridgehead atoms. The van der Waals surface area contributed by atoms with Gasteiger partial charge in [-0.15, -0.1) is 0 Å². The number of rotatable bonds is 9. The zero-order chi connectivity index (χ0) is 18.5. The molecule has 0 amide bonds. The van der Waals surface area contributed by atoms with Crippen LogP contribution in [0, 0.1) is 0 Å². The van der Waals surface area contributed by atoms with Crippen molar-refractivity contribution in [2.45, 2.75) is 32.9 Å². The maximum Gasteiger partial charge on any atom is 0.290 e. The maximum atomic E-state index is 8.36. The first kappa shape index (κ1) is 22.2. The molecule has 0 saturated heterocycles. The van der Waals surface area contributed by atoms with E-state index in [0.29, 0.717) is 18.7 Å². The third-order valence-electron chi connectivity index (χ3n) is 3.94. The van der Waals surface area contributed by atoms with Gasteiger partial charge in [0.2, 0.25) is 0 Å². The fourth-order valence-electron chi connectivity index (χ4n) is 1.99. The Morgan fingerprint density at radius 1 is 1.17 bits per heavy atom. The highest BCUT2D eigenvalue weighted by Crippen LogP contribution is 2.18. The maximum absolute atomic E-state index is 8.36. The molecule has 1 atom stereocenters. The normalized spacial score (nSPS) is 11.9. The molecule has 1 aromatic rings. The van der Waals surface area contributed by atoms with Gasteiger partial charge in [-0.2, -0.15) is 0 Å². The van der Waals surface area contributed by atoms with E-state index in [4.69, 9.17) is 19.4 Å². The van der Waals surface area contributed by atoms with Crippen molar-refractivity contribution in [2.24, 2.45) is 0 Å². The Bertz CT molecular complexity index is 454. The van der Waals surface area contributed by atoms with Crippen LogP contribution < -0.4 is 9.47 Å². The topological polar surface area (TPSA) is 62.2 Å². The SMILES string of the molecule is COc1cccc(OCCN(C)C(C)CN(C)C(C)C)c1.O=CO. The van der Waals surface area contributed by atoms with E-state index in [-0.39, 0.29) is 6.47 Å². The van der Waals surface area contributed by atoms with E-state index in [2.05, 4.69) is 44.7 Å². The Balaban J connectivity index is 0.00000163. The average molecular weight is 340 g/mol. The van der Waals surface area contributed by atoms with E-state index in [1.165, 1.54) is 0 Å². The highest BCUT2D eigenvalue weighted by atomic mass is 16.5. The summed E-state index contributed by atoms with van der Waals surface area (Å²) in [7, 11) is 5.98. The zero-order valence-electron chi connectivity index (χ0n) is 15.7. The number of nitrogens with zero attached hydrogens (tertiary/aromatic N) is 2. The molecule has 1 N–H and O–H groups in total. The van der Waals surface area contributed by atoms with E-state index >= 15 is 0 Å². The smallest absolute Gasteiger partial charge is 0.290 e. The van der Waals surface area contributed by atoms with Crippen LogP contribution in [0.25, 0.3) is 0 Å². The molecular formula is C18H32N2O4. The molecular weight excluding hydrogens is 308 g/mol. The summed E-state index contributed by atoms with van der Waals surface area (Å²) in [6.45, 7) is 9.10. The summed E-state index contributed by atoms with van der Waals surface area (Å²) < 4.78 is 11.0. The largest absolute Gasteiger partial charge is 0.497 e. The molecule has 24 heavy (non-hydrogen) atoms. The molecule has 0 radical (unpaired) electrons. The van der Waals surface area contributed by atoms with Gasteiger partial charge in [0.1, 0.15) is 18.1 Å². The van der Waals surface area contributed by atoms with Crippen LogP contribution in [0.1, 0.15) is 20.8 Å². The lowest BCUT2D eigenvalue weighted by Crippen LogP contribution is -2.42. The number of methoxy groups -OCH3 is 1. The summed E-state index contributed by atoms with van der Waals surface area (Å²) in [5.41, 5.74) is 0. The monoisotopic (exact) mass is 340 g/mol. The molecule has 0 spiro atoms. The van der Waals surface area contributed by atoms with Gasteiger partial charge in [-0.05, 0) is 47.0 Å². The fourth-order valence-corrected chi connectivity index (χ4v) is 1.99. The standard InChI is InChI=1S/C17H30N2O2.CH2O2/c1-14(2)19(5)13-15(3)18(4)10-11-21-17-9-7-8-16(12-17)20-6;2-1-3/h7-9,12,14-15H,10-11,13H2,1-6H3;1H,(H,2,3). The molecule has 0 aromatic heterocycles. The van der Waals surface area contributed by atoms with Crippen LogP contribution in [0.15, 0.2) is 24.3 Å². The van der Waals surface area contributed by atoms with Crippen molar-refractivity contribution in [3.8, 4) is 11.5 Å². The van der Waals surface area contributed by atoms with E-state index < -0.39 is 0 Å². The molecule has 0 saturated carbocycles. The lowest BCUT2D eigenvalue weighted by atomic mass is 10.2. The van der Waals surface area contributed by atoms with Gasteiger partial charge < -0.3 is 19.5 Å². The van der Waals surface area contributed by atoms with Crippen molar-refractivity contribution in [3.05, 3.63) is 24.3 Å². The summed E-state index contributed by atoms with van der Waals surface area (Å²) in [4.78, 5) is 13.1. The molecule has 1 unspecified atom stereocenters. The molecule has 138 valence electrons. The first-order chi connectivity index (χ1) is 11.3. The van der Waals surface area contributed by atoms with Gasteiger partial charge >= 0.3 is 0 Å². The number of hydrogen-bond donors (Lipinski definition) is 1. The van der Waals surface area contributed by atoms with Crippen molar-refractivity contribution in [1.29, 1.82) is 0 Å². The van der Waals surface area contributed by atoms with Crippen molar-refractivity contribution in [3.63, 3.8) is 0 Å². The number of benzene rings is 1. The van der Waals surface area contributed by atoms with Crippen LogP contribution in [-0.4, -0.2) is 74.4 Å². The quantitative estimate of drug-likeness (QED) is 0.697.